The van der Waals surface area contributed by atoms with E-state index in [1.54, 1.807) is 11.3 Å². The number of hydrogen-bond acceptors (Lipinski definition) is 3. The van der Waals surface area contributed by atoms with Crippen LogP contribution >= 0.6 is 22.9 Å². The van der Waals surface area contributed by atoms with E-state index in [2.05, 4.69) is 31.1 Å². The maximum absolute atomic E-state index is 5.99. The van der Waals surface area contributed by atoms with E-state index in [9.17, 15) is 0 Å². The highest BCUT2D eigenvalue weighted by molar-refractivity contribution is 7.15. The summed E-state index contributed by atoms with van der Waals surface area (Å²) in [6, 6.07) is 7.81. The van der Waals surface area contributed by atoms with Crippen LogP contribution in [0.3, 0.4) is 0 Å². The Kier molecular flexibility index (Phi) is 4.05. The van der Waals surface area contributed by atoms with Crippen LogP contribution in [0.2, 0.25) is 5.02 Å². The topological polar surface area (TPSA) is 24.9 Å². The maximum Gasteiger partial charge on any atom is 0.123 e. The zero-order valence-corrected chi connectivity index (χ0v) is 12.4. The minimum Gasteiger partial charge on any atom is -0.307 e. The van der Waals surface area contributed by atoms with Gasteiger partial charge in [0.2, 0.25) is 0 Å². The molecule has 0 fully saturated rings. The molecule has 1 aromatic carbocycles. The fourth-order valence-electron chi connectivity index (χ4n) is 1.50. The van der Waals surface area contributed by atoms with E-state index in [0.29, 0.717) is 0 Å². The van der Waals surface area contributed by atoms with Gasteiger partial charge in [-0.3, -0.25) is 0 Å². The highest BCUT2D eigenvalue weighted by atomic mass is 35.5. The summed E-state index contributed by atoms with van der Waals surface area (Å²) in [5.74, 6) is 0. The van der Waals surface area contributed by atoms with Crippen molar-refractivity contribution in [2.24, 2.45) is 0 Å². The lowest BCUT2D eigenvalue weighted by molar-refractivity contribution is 0.426. The molecule has 0 unspecified atom stereocenters. The first-order valence-corrected chi connectivity index (χ1v) is 7.09. The number of thiazole rings is 1. The van der Waals surface area contributed by atoms with Gasteiger partial charge in [0.05, 0.1) is 0 Å². The molecule has 1 heterocycles. The second kappa shape index (κ2) is 5.39. The molecule has 1 N–H and O–H groups in total. The number of nitrogens with zero attached hydrogens (tertiary/aromatic N) is 1. The van der Waals surface area contributed by atoms with Gasteiger partial charge in [0.25, 0.3) is 0 Å². The molecule has 1 aromatic heterocycles. The standard InChI is InChI=1S/C14H17ClN2S/c1-14(2,3)17-9-12-8-16-13(18-12)10-5-4-6-11(15)7-10/h4-8,17H,9H2,1-3H3. The van der Waals surface area contributed by atoms with Crippen molar-refractivity contribution < 1.29 is 0 Å². The fraction of sp³-hybridized carbons (Fsp3) is 0.357. The van der Waals surface area contributed by atoms with E-state index < -0.39 is 0 Å². The summed E-state index contributed by atoms with van der Waals surface area (Å²) in [5.41, 5.74) is 1.20. The summed E-state index contributed by atoms with van der Waals surface area (Å²) >= 11 is 7.69. The lowest BCUT2D eigenvalue weighted by Crippen LogP contribution is -2.34. The minimum absolute atomic E-state index is 0.125. The Morgan fingerprint density at radius 2 is 2.11 bits per heavy atom. The van der Waals surface area contributed by atoms with Crippen LogP contribution in [0, 0.1) is 0 Å². The van der Waals surface area contributed by atoms with Crippen LogP contribution in [0.5, 0.6) is 0 Å². The summed E-state index contributed by atoms with van der Waals surface area (Å²) in [7, 11) is 0. The van der Waals surface area contributed by atoms with Gasteiger partial charge in [-0.25, -0.2) is 4.98 Å². The van der Waals surface area contributed by atoms with E-state index >= 15 is 0 Å². The molecule has 96 valence electrons. The summed E-state index contributed by atoms with van der Waals surface area (Å²) in [6.45, 7) is 7.32. The molecular weight excluding hydrogens is 264 g/mol. The second-order valence-electron chi connectivity index (χ2n) is 5.25. The van der Waals surface area contributed by atoms with E-state index in [1.807, 2.05) is 30.5 Å². The number of nitrogens with one attached hydrogen (secondary N) is 1. The van der Waals surface area contributed by atoms with Gasteiger partial charge < -0.3 is 5.32 Å². The molecule has 0 atom stereocenters. The molecule has 0 aliphatic rings. The lowest BCUT2D eigenvalue weighted by atomic mass is 10.1. The quantitative estimate of drug-likeness (QED) is 0.904. The van der Waals surface area contributed by atoms with Crippen molar-refractivity contribution in [3.05, 3.63) is 40.4 Å². The molecule has 4 heteroatoms. The minimum atomic E-state index is 0.125. The van der Waals surface area contributed by atoms with Crippen molar-refractivity contribution in [2.45, 2.75) is 32.9 Å². The Hall–Kier alpha value is -0.900. The van der Waals surface area contributed by atoms with Crippen LogP contribution in [0.1, 0.15) is 25.6 Å². The SMILES string of the molecule is CC(C)(C)NCc1cnc(-c2cccc(Cl)c2)s1. The third-order valence-corrected chi connectivity index (χ3v) is 3.70. The molecule has 0 amide bonds. The Morgan fingerprint density at radius 3 is 2.78 bits per heavy atom. The Morgan fingerprint density at radius 1 is 1.33 bits per heavy atom. The van der Waals surface area contributed by atoms with Crippen LogP contribution in [-0.4, -0.2) is 10.5 Å². The number of halogens is 1. The van der Waals surface area contributed by atoms with E-state index in [-0.39, 0.29) is 5.54 Å². The zero-order chi connectivity index (χ0) is 13.2. The van der Waals surface area contributed by atoms with E-state index in [1.165, 1.54) is 4.88 Å². The molecule has 0 bridgehead atoms. The predicted octanol–water partition coefficient (Wildman–Crippen LogP) is 4.35. The molecule has 0 saturated heterocycles. The normalized spacial score (nSPS) is 11.8. The lowest BCUT2D eigenvalue weighted by Gasteiger charge is -2.19. The molecule has 2 rings (SSSR count). The van der Waals surface area contributed by atoms with Crippen molar-refractivity contribution in [3.8, 4) is 10.6 Å². The van der Waals surface area contributed by atoms with Crippen LogP contribution in [-0.2, 0) is 6.54 Å². The maximum atomic E-state index is 5.99. The van der Waals surface area contributed by atoms with Gasteiger partial charge in [0.1, 0.15) is 5.01 Å². The van der Waals surface area contributed by atoms with Gasteiger partial charge in [-0.05, 0) is 32.9 Å². The second-order valence-corrected chi connectivity index (χ2v) is 6.80. The van der Waals surface area contributed by atoms with Gasteiger partial charge in [0.15, 0.2) is 0 Å². The zero-order valence-electron chi connectivity index (χ0n) is 10.8. The van der Waals surface area contributed by atoms with Crippen molar-refractivity contribution in [3.63, 3.8) is 0 Å². The summed E-state index contributed by atoms with van der Waals surface area (Å²) in [6.07, 6.45) is 1.93. The first-order chi connectivity index (χ1) is 8.44. The molecule has 0 aliphatic carbocycles. The summed E-state index contributed by atoms with van der Waals surface area (Å²) in [4.78, 5) is 5.68. The third kappa shape index (κ3) is 3.80. The van der Waals surface area contributed by atoms with E-state index in [4.69, 9.17) is 11.6 Å². The molecule has 18 heavy (non-hydrogen) atoms. The van der Waals surface area contributed by atoms with Crippen molar-refractivity contribution >= 4 is 22.9 Å². The van der Waals surface area contributed by atoms with Crippen LogP contribution in [0.15, 0.2) is 30.5 Å². The summed E-state index contributed by atoms with van der Waals surface area (Å²) < 4.78 is 0. The highest BCUT2D eigenvalue weighted by Crippen LogP contribution is 2.27. The molecule has 0 spiro atoms. The van der Waals surface area contributed by atoms with E-state index in [0.717, 1.165) is 22.1 Å². The van der Waals surface area contributed by atoms with Crippen LogP contribution in [0.25, 0.3) is 10.6 Å². The molecule has 0 saturated carbocycles. The van der Waals surface area contributed by atoms with Crippen LogP contribution in [0.4, 0.5) is 0 Å². The molecule has 2 aromatic rings. The number of hydrogen-bond donors (Lipinski definition) is 1. The van der Waals surface area contributed by atoms with Crippen molar-refractivity contribution in [2.75, 3.05) is 0 Å². The van der Waals surface area contributed by atoms with Gasteiger partial charge in [-0.1, -0.05) is 23.7 Å². The first-order valence-electron chi connectivity index (χ1n) is 5.90. The van der Waals surface area contributed by atoms with Gasteiger partial charge >= 0.3 is 0 Å². The first kappa shape index (κ1) is 13.5. The number of aromatic nitrogens is 1. The smallest absolute Gasteiger partial charge is 0.123 e. The van der Waals surface area contributed by atoms with Gasteiger partial charge in [-0.2, -0.15) is 0 Å². The fourth-order valence-corrected chi connectivity index (χ4v) is 2.54. The Balaban J connectivity index is 2.11. The van der Waals surface area contributed by atoms with Crippen molar-refractivity contribution in [1.29, 1.82) is 0 Å². The molecule has 0 radical (unpaired) electrons. The number of rotatable bonds is 3. The predicted molar refractivity (Wildman–Crippen MR) is 79.2 cm³/mol. The Bertz CT molecular complexity index is 529. The molecular formula is C14H17ClN2S. The highest BCUT2D eigenvalue weighted by Gasteiger charge is 2.10. The number of benzene rings is 1. The van der Waals surface area contributed by atoms with Crippen molar-refractivity contribution in [1.82, 2.24) is 10.3 Å². The Labute approximate surface area is 117 Å². The monoisotopic (exact) mass is 280 g/mol. The largest absolute Gasteiger partial charge is 0.307 e. The third-order valence-electron chi connectivity index (χ3n) is 2.42. The van der Waals surface area contributed by atoms with Crippen LogP contribution < -0.4 is 5.32 Å². The van der Waals surface area contributed by atoms with Gasteiger partial charge in [0, 0.05) is 33.7 Å². The van der Waals surface area contributed by atoms with Gasteiger partial charge in [-0.15, -0.1) is 11.3 Å². The average molecular weight is 281 g/mol. The molecule has 0 aliphatic heterocycles. The average Bonchev–Trinajstić information content (AvgIpc) is 2.74. The summed E-state index contributed by atoms with van der Waals surface area (Å²) in [5, 5.41) is 5.22. The molecule has 2 nitrogen and oxygen atoms in total.